The summed E-state index contributed by atoms with van der Waals surface area (Å²) in [5.74, 6) is -0.337. The van der Waals surface area contributed by atoms with Gasteiger partial charge in [0.1, 0.15) is 0 Å². The SMILES string of the molecule is O=C1CCC2([N+](=O)[O-])CCCCCCCCCC1=C2O. The minimum absolute atomic E-state index is 0.1000. The summed E-state index contributed by atoms with van der Waals surface area (Å²) in [5, 5.41) is 21.9. The molecule has 112 valence electrons. The number of rotatable bonds is 1. The Hall–Kier alpha value is -1.39. The summed E-state index contributed by atoms with van der Waals surface area (Å²) in [6.45, 7) is 0. The smallest absolute Gasteiger partial charge is 0.278 e. The Kier molecular flexibility index (Phi) is 4.78. The molecule has 1 unspecified atom stereocenters. The lowest BCUT2D eigenvalue weighted by atomic mass is 9.76. The molecule has 1 atom stereocenters. The standard InChI is InChI=1S/C15H23NO4/c17-13-9-11-15(16(19)20)10-7-5-3-1-2-4-6-8-12(13)14(15)18/h18H,1-11H2. The van der Waals surface area contributed by atoms with Gasteiger partial charge in [-0.2, -0.15) is 0 Å². The fourth-order valence-electron chi connectivity index (χ4n) is 3.38. The minimum Gasteiger partial charge on any atom is -0.505 e. The van der Waals surface area contributed by atoms with Gasteiger partial charge in [0.05, 0.1) is 0 Å². The van der Waals surface area contributed by atoms with Gasteiger partial charge in [-0.3, -0.25) is 14.9 Å². The van der Waals surface area contributed by atoms with Crippen molar-refractivity contribution in [1.82, 2.24) is 0 Å². The predicted octanol–water partition coefficient (Wildman–Crippen LogP) is 3.70. The van der Waals surface area contributed by atoms with E-state index in [1.54, 1.807) is 0 Å². The summed E-state index contributed by atoms with van der Waals surface area (Å²) in [6, 6.07) is 0. The molecule has 0 heterocycles. The summed E-state index contributed by atoms with van der Waals surface area (Å²) < 4.78 is 0. The summed E-state index contributed by atoms with van der Waals surface area (Å²) in [5.41, 5.74) is -1.07. The second kappa shape index (κ2) is 6.37. The molecule has 0 aromatic carbocycles. The molecule has 2 aliphatic carbocycles. The van der Waals surface area contributed by atoms with E-state index in [4.69, 9.17) is 0 Å². The summed E-state index contributed by atoms with van der Waals surface area (Å²) in [4.78, 5) is 23.1. The van der Waals surface area contributed by atoms with Crippen LogP contribution in [0.25, 0.3) is 0 Å². The summed E-state index contributed by atoms with van der Waals surface area (Å²) in [6.07, 6.45) is 8.14. The first-order valence-electron chi connectivity index (χ1n) is 7.68. The first-order valence-corrected chi connectivity index (χ1v) is 7.68. The largest absolute Gasteiger partial charge is 0.505 e. The topological polar surface area (TPSA) is 80.4 Å². The van der Waals surface area contributed by atoms with Gasteiger partial charge in [-0.25, -0.2) is 0 Å². The number of nitrogens with zero attached hydrogens (tertiary/aromatic N) is 1. The van der Waals surface area contributed by atoms with Gasteiger partial charge in [0, 0.05) is 29.8 Å². The Balaban J connectivity index is 2.33. The van der Waals surface area contributed by atoms with Crippen molar-refractivity contribution in [3.63, 3.8) is 0 Å². The molecule has 20 heavy (non-hydrogen) atoms. The van der Waals surface area contributed by atoms with Gasteiger partial charge in [0.25, 0.3) is 5.54 Å². The molecular formula is C15H23NO4. The van der Waals surface area contributed by atoms with Crippen molar-refractivity contribution in [2.24, 2.45) is 0 Å². The van der Waals surface area contributed by atoms with Crippen LogP contribution >= 0.6 is 0 Å². The highest BCUT2D eigenvalue weighted by Crippen LogP contribution is 2.39. The first kappa shape index (κ1) is 15.0. The van der Waals surface area contributed by atoms with E-state index >= 15 is 0 Å². The van der Waals surface area contributed by atoms with E-state index < -0.39 is 5.54 Å². The van der Waals surface area contributed by atoms with Crippen molar-refractivity contribution in [1.29, 1.82) is 0 Å². The van der Waals surface area contributed by atoms with Gasteiger partial charge >= 0.3 is 0 Å². The molecule has 0 saturated carbocycles. The van der Waals surface area contributed by atoms with Gasteiger partial charge in [-0.15, -0.1) is 0 Å². The highest BCUT2D eigenvalue weighted by molar-refractivity contribution is 5.97. The number of hydrogen-bond donors (Lipinski definition) is 1. The van der Waals surface area contributed by atoms with Crippen LogP contribution in [0.1, 0.15) is 70.6 Å². The van der Waals surface area contributed by atoms with Crippen molar-refractivity contribution >= 4 is 5.78 Å². The molecule has 0 fully saturated rings. The molecular weight excluding hydrogens is 258 g/mol. The van der Waals surface area contributed by atoms with Crippen LogP contribution in [0.4, 0.5) is 0 Å². The number of carbonyl (C=O) groups excluding carboxylic acids is 1. The van der Waals surface area contributed by atoms with Gasteiger partial charge in [0.15, 0.2) is 11.5 Å². The number of fused-ring (bicyclic) bond motifs is 1. The molecule has 1 N–H and O–H groups in total. The van der Waals surface area contributed by atoms with Crippen LogP contribution in [0.15, 0.2) is 11.3 Å². The maximum atomic E-state index is 12.0. The van der Waals surface area contributed by atoms with Crippen LogP contribution in [0.3, 0.4) is 0 Å². The molecule has 2 rings (SSSR count). The average Bonchev–Trinajstić information content (AvgIpc) is 2.41. The minimum atomic E-state index is -1.40. The average molecular weight is 281 g/mol. The number of aliphatic hydroxyl groups excluding tert-OH is 1. The Labute approximate surface area is 119 Å². The highest BCUT2D eigenvalue weighted by Gasteiger charge is 2.51. The predicted molar refractivity (Wildman–Crippen MR) is 75.2 cm³/mol. The molecule has 0 aromatic heterocycles. The van der Waals surface area contributed by atoms with Crippen molar-refractivity contribution < 1.29 is 14.8 Å². The van der Waals surface area contributed by atoms with E-state index in [1.807, 2.05) is 0 Å². The van der Waals surface area contributed by atoms with Crippen molar-refractivity contribution in [2.75, 3.05) is 0 Å². The summed E-state index contributed by atoms with van der Waals surface area (Å²) >= 11 is 0. The molecule has 0 spiro atoms. The van der Waals surface area contributed by atoms with Crippen LogP contribution in [0, 0.1) is 10.1 Å². The van der Waals surface area contributed by atoms with Crippen LogP contribution < -0.4 is 0 Å². The Morgan fingerprint density at radius 3 is 2.20 bits per heavy atom. The highest BCUT2D eigenvalue weighted by atomic mass is 16.6. The van der Waals surface area contributed by atoms with Gasteiger partial charge < -0.3 is 5.11 Å². The fraction of sp³-hybridized carbons (Fsp3) is 0.800. The van der Waals surface area contributed by atoms with Crippen LogP contribution in [-0.2, 0) is 4.79 Å². The molecule has 2 aliphatic rings. The number of Topliss-reactive ketones (excluding diaryl/α,β-unsaturated/α-hetero) is 1. The van der Waals surface area contributed by atoms with E-state index in [2.05, 4.69) is 0 Å². The molecule has 0 aliphatic heterocycles. The molecule has 2 bridgehead atoms. The number of nitro groups is 1. The molecule has 0 aromatic rings. The fourth-order valence-corrected chi connectivity index (χ4v) is 3.38. The van der Waals surface area contributed by atoms with Gasteiger partial charge in [-0.05, 0) is 19.3 Å². The van der Waals surface area contributed by atoms with Gasteiger partial charge in [0.2, 0.25) is 0 Å². The molecule has 5 nitrogen and oxygen atoms in total. The number of aliphatic hydroxyl groups is 1. The maximum absolute atomic E-state index is 12.0. The second-order valence-corrected chi connectivity index (χ2v) is 6.01. The number of hydrogen-bond acceptors (Lipinski definition) is 4. The van der Waals surface area contributed by atoms with Crippen molar-refractivity contribution in [3.8, 4) is 0 Å². The lowest BCUT2D eigenvalue weighted by molar-refractivity contribution is -0.566. The molecule has 0 radical (unpaired) electrons. The zero-order valence-electron chi connectivity index (χ0n) is 11.9. The van der Waals surface area contributed by atoms with E-state index in [9.17, 15) is 20.0 Å². The normalized spacial score (nSPS) is 29.5. The lowest BCUT2D eigenvalue weighted by Gasteiger charge is -2.30. The zero-order valence-corrected chi connectivity index (χ0v) is 11.9. The van der Waals surface area contributed by atoms with E-state index in [-0.39, 0.29) is 29.3 Å². The zero-order chi connectivity index (χ0) is 14.6. The number of allylic oxidation sites excluding steroid dienone is 1. The van der Waals surface area contributed by atoms with E-state index in [0.717, 1.165) is 44.9 Å². The molecule has 0 saturated heterocycles. The monoisotopic (exact) mass is 281 g/mol. The first-order chi connectivity index (χ1) is 9.58. The van der Waals surface area contributed by atoms with Gasteiger partial charge in [-0.1, -0.05) is 32.1 Å². The van der Waals surface area contributed by atoms with Crippen molar-refractivity contribution in [3.05, 3.63) is 21.4 Å². The number of carbonyl (C=O) groups is 1. The molecule has 5 heteroatoms. The lowest BCUT2D eigenvalue weighted by Crippen LogP contribution is -2.45. The Morgan fingerprint density at radius 1 is 0.950 bits per heavy atom. The quantitative estimate of drug-likeness (QED) is 0.587. The van der Waals surface area contributed by atoms with Crippen LogP contribution in [0.5, 0.6) is 0 Å². The van der Waals surface area contributed by atoms with E-state index in [0.29, 0.717) is 18.4 Å². The van der Waals surface area contributed by atoms with E-state index in [1.165, 1.54) is 0 Å². The third kappa shape index (κ3) is 2.86. The molecule has 0 amide bonds. The summed E-state index contributed by atoms with van der Waals surface area (Å²) in [7, 11) is 0. The Morgan fingerprint density at radius 2 is 1.55 bits per heavy atom. The van der Waals surface area contributed by atoms with Crippen molar-refractivity contribution in [2.45, 2.75) is 76.2 Å². The van der Waals surface area contributed by atoms with Crippen LogP contribution in [-0.4, -0.2) is 21.4 Å². The van der Waals surface area contributed by atoms with Crippen LogP contribution in [0.2, 0.25) is 0 Å². The number of ketones is 1. The third-order valence-electron chi connectivity index (χ3n) is 4.70. The Bertz CT molecular complexity index is 430. The third-order valence-corrected chi connectivity index (χ3v) is 4.70. The second-order valence-electron chi connectivity index (χ2n) is 6.01. The maximum Gasteiger partial charge on any atom is 0.278 e.